The van der Waals surface area contributed by atoms with E-state index in [2.05, 4.69) is 0 Å². The van der Waals surface area contributed by atoms with E-state index in [1.54, 1.807) is 0 Å². The van der Waals surface area contributed by atoms with Gasteiger partial charge in [0.2, 0.25) is 0 Å². The molecular formula is C11H17F3O4S. The average Bonchev–Trinajstić information content (AvgIpc) is 2.21. The molecule has 1 unspecified atom stereocenters. The van der Waals surface area contributed by atoms with E-state index < -0.39 is 41.0 Å². The lowest BCUT2D eigenvalue weighted by Gasteiger charge is -2.30. The van der Waals surface area contributed by atoms with Crippen molar-refractivity contribution in [1.82, 2.24) is 0 Å². The molecule has 0 saturated heterocycles. The van der Waals surface area contributed by atoms with E-state index in [4.69, 9.17) is 4.74 Å². The number of hydrogen-bond donors (Lipinski definition) is 1. The van der Waals surface area contributed by atoms with Gasteiger partial charge in [0.05, 0.1) is 6.61 Å². The first kappa shape index (κ1) is 18.1. The van der Waals surface area contributed by atoms with Gasteiger partial charge in [-0.25, -0.2) is 0 Å². The molecule has 0 aromatic carbocycles. The predicted molar refractivity (Wildman–Crippen MR) is 64.7 cm³/mol. The van der Waals surface area contributed by atoms with Gasteiger partial charge in [-0.15, -0.1) is 0 Å². The van der Waals surface area contributed by atoms with Gasteiger partial charge in [-0.05, 0) is 19.3 Å². The fourth-order valence-corrected chi connectivity index (χ4v) is 2.31. The van der Waals surface area contributed by atoms with E-state index in [-0.39, 0.29) is 18.4 Å². The molecule has 0 saturated carbocycles. The third-order valence-electron chi connectivity index (χ3n) is 2.77. The van der Waals surface area contributed by atoms with Crippen LogP contribution in [0.5, 0.6) is 0 Å². The van der Waals surface area contributed by atoms with Crippen molar-refractivity contribution >= 4 is 23.7 Å². The summed E-state index contributed by atoms with van der Waals surface area (Å²) in [5, 5.41) is 9.23. The molecule has 0 aliphatic rings. The van der Waals surface area contributed by atoms with Gasteiger partial charge < -0.3 is 9.84 Å². The van der Waals surface area contributed by atoms with E-state index in [0.717, 1.165) is 0 Å². The third-order valence-corrected chi connectivity index (χ3v) is 3.50. The number of ether oxygens (including phenoxy) is 1. The lowest BCUT2D eigenvalue weighted by Crippen LogP contribution is -2.45. The standard InChI is InChI=1S/C11H17F3O4S/c1-4-18-9(17)10(7(2)3,8(15)16)5-6-19-11(12,13)14/h7H,4-6H2,1-3H3,(H,15,16). The lowest BCUT2D eigenvalue weighted by atomic mass is 9.75. The first-order valence-electron chi connectivity index (χ1n) is 5.69. The van der Waals surface area contributed by atoms with Gasteiger partial charge >= 0.3 is 17.4 Å². The van der Waals surface area contributed by atoms with Gasteiger partial charge in [0, 0.05) is 5.75 Å². The fraction of sp³-hybridized carbons (Fsp3) is 0.818. The second-order valence-corrected chi connectivity index (χ2v) is 5.36. The highest BCUT2D eigenvalue weighted by atomic mass is 32.2. The Morgan fingerprint density at radius 2 is 1.84 bits per heavy atom. The molecule has 0 aromatic heterocycles. The molecule has 0 radical (unpaired) electrons. The van der Waals surface area contributed by atoms with Crippen LogP contribution in [0.1, 0.15) is 27.2 Å². The van der Waals surface area contributed by atoms with Crippen molar-refractivity contribution in [2.45, 2.75) is 32.7 Å². The van der Waals surface area contributed by atoms with Gasteiger partial charge in [0.1, 0.15) is 0 Å². The SMILES string of the molecule is CCOC(=O)C(CCSC(F)(F)F)(C(=O)O)C(C)C. The molecule has 8 heteroatoms. The molecule has 0 bridgehead atoms. The Balaban J connectivity index is 5.04. The van der Waals surface area contributed by atoms with Crippen molar-refractivity contribution in [3.63, 3.8) is 0 Å². The Bertz CT molecular complexity index is 330. The Kier molecular flexibility index (Phi) is 6.68. The molecule has 19 heavy (non-hydrogen) atoms. The van der Waals surface area contributed by atoms with E-state index >= 15 is 0 Å². The van der Waals surface area contributed by atoms with Gasteiger partial charge in [0.15, 0.2) is 5.41 Å². The fourth-order valence-electron chi connectivity index (χ4n) is 1.66. The van der Waals surface area contributed by atoms with Crippen molar-refractivity contribution in [3.8, 4) is 0 Å². The highest BCUT2D eigenvalue weighted by molar-refractivity contribution is 8.00. The quantitative estimate of drug-likeness (QED) is 0.578. The molecule has 1 N–H and O–H groups in total. The highest BCUT2D eigenvalue weighted by Gasteiger charge is 2.50. The van der Waals surface area contributed by atoms with Gasteiger partial charge in [-0.1, -0.05) is 25.6 Å². The summed E-state index contributed by atoms with van der Waals surface area (Å²) < 4.78 is 40.9. The minimum Gasteiger partial charge on any atom is -0.480 e. The summed E-state index contributed by atoms with van der Waals surface area (Å²) in [5.74, 6) is -3.62. The molecule has 0 aromatic rings. The van der Waals surface area contributed by atoms with Crippen molar-refractivity contribution in [3.05, 3.63) is 0 Å². The van der Waals surface area contributed by atoms with Crippen LogP contribution >= 0.6 is 11.8 Å². The molecule has 0 heterocycles. The lowest BCUT2D eigenvalue weighted by molar-refractivity contribution is -0.172. The minimum absolute atomic E-state index is 0.0208. The first-order valence-corrected chi connectivity index (χ1v) is 6.67. The van der Waals surface area contributed by atoms with Gasteiger partial charge in [-0.3, -0.25) is 9.59 Å². The smallest absolute Gasteiger partial charge is 0.441 e. The van der Waals surface area contributed by atoms with Crippen LogP contribution in [0.3, 0.4) is 0 Å². The molecule has 4 nitrogen and oxygen atoms in total. The molecule has 0 rings (SSSR count). The topological polar surface area (TPSA) is 63.6 Å². The third kappa shape index (κ3) is 4.93. The second kappa shape index (κ2) is 7.02. The molecule has 0 spiro atoms. The number of carbonyl (C=O) groups excluding carboxylic acids is 1. The minimum atomic E-state index is -4.45. The largest absolute Gasteiger partial charge is 0.480 e. The summed E-state index contributed by atoms with van der Waals surface area (Å²) >= 11 is -0.340. The number of thioether (sulfide) groups is 1. The maximum atomic E-state index is 12.1. The zero-order chi connectivity index (χ0) is 15.3. The second-order valence-electron chi connectivity index (χ2n) is 4.20. The van der Waals surface area contributed by atoms with Crippen LogP contribution in [0.15, 0.2) is 0 Å². The van der Waals surface area contributed by atoms with E-state index in [0.29, 0.717) is 0 Å². The Labute approximate surface area is 113 Å². The summed E-state index contributed by atoms with van der Waals surface area (Å²) in [6, 6.07) is 0. The van der Waals surface area contributed by atoms with Crippen LogP contribution in [0.2, 0.25) is 0 Å². The zero-order valence-corrected chi connectivity index (χ0v) is 11.7. The van der Waals surface area contributed by atoms with Gasteiger partial charge in [-0.2, -0.15) is 13.2 Å². The summed E-state index contributed by atoms with van der Waals surface area (Å²) in [4.78, 5) is 23.2. The average molecular weight is 302 g/mol. The van der Waals surface area contributed by atoms with Crippen LogP contribution in [0.4, 0.5) is 13.2 Å². The summed E-state index contributed by atoms with van der Waals surface area (Å²) in [5.41, 5.74) is -6.38. The van der Waals surface area contributed by atoms with E-state index in [1.165, 1.54) is 20.8 Å². The molecule has 0 fully saturated rings. The van der Waals surface area contributed by atoms with Crippen LogP contribution in [-0.2, 0) is 14.3 Å². The molecular weight excluding hydrogens is 285 g/mol. The van der Waals surface area contributed by atoms with E-state index in [9.17, 15) is 27.9 Å². The summed E-state index contributed by atoms with van der Waals surface area (Å²) in [7, 11) is 0. The maximum absolute atomic E-state index is 12.1. The summed E-state index contributed by atoms with van der Waals surface area (Å²) in [6.07, 6.45) is -0.428. The number of esters is 1. The molecule has 0 amide bonds. The number of aliphatic carboxylic acids is 1. The number of rotatable bonds is 7. The van der Waals surface area contributed by atoms with Crippen molar-refractivity contribution in [2.75, 3.05) is 12.4 Å². The Hall–Kier alpha value is -0.920. The first-order chi connectivity index (χ1) is 8.58. The Morgan fingerprint density at radius 1 is 1.32 bits per heavy atom. The van der Waals surface area contributed by atoms with Crippen molar-refractivity contribution in [2.24, 2.45) is 11.3 Å². The Morgan fingerprint density at radius 3 is 2.16 bits per heavy atom. The van der Waals surface area contributed by atoms with Crippen LogP contribution in [0, 0.1) is 11.3 Å². The van der Waals surface area contributed by atoms with Crippen LogP contribution in [0.25, 0.3) is 0 Å². The molecule has 112 valence electrons. The molecule has 0 aliphatic carbocycles. The van der Waals surface area contributed by atoms with Gasteiger partial charge in [0.25, 0.3) is 0 Å². The van der Waals surface area contributed by atoms with Crippen LogP contribution in [-0.4, -0.2) is 34.9 Å². The number of carbonyl (C=O) groups is 2. The normalized spacial score (nSPS) is 15.1. The number of alkyl halides is 3. The maximum Gasteiger partial charge on any atom is 0.441 e. The molecule has 1 atom stereocenters. The monoisotopic (exact) mass is 302 g/mol. The van der Waals surface area contributed by atoms with E-state index in [1.807, 2.05) is 0 Å². The number of hydrogen-bond acceptors (Lipinski definition) is 4. The van der Waals surface area contributed by atoms with Crippen molar-refractivity contribution < 1.29 is 32.6 Å². The van der Waals surface area contributed by atoms with Crippen molar-refractivity contribution in [1.29, 1.82) is 0 Å². The number of carboxylic acid groups (broad SMARTS) is 1. The number of halogens is 3. The summed E-state index contributed by atoms with van der Waals surface area (Å²) in [6.45, 7) is 4.44. The number of carboxylic acids is 1. The predicted octanol–water partition coefficient (Wildman–Crippen LogP) is 2.92. The van der Waals surface area contributed by atoms with Crippen LogP contribution < -0.4 is 0 Å². The molecule has 0 aliphatic heterocycles. The zero-order valence-electron chi connectivity index (χ0n) is 10.9. The highest BCUT2D eigenvalue weighted by Crippen LogP contribution is 2.38.